The molecule has 1 aliphatic heterocycles. The molecular formula is C24H27FN2O2. The van der Waals surface area contributed by atoms with Crippen molar-refractivity contribution in [3.8, 4) is 0 Å². The lowest BCUT2D eigenvalue weighted by Crippen LogP contribution is -2.34. The Balaban J connectivity index is 1.36. The number of hydrogen-bond donors (Lipinski definition) is 0. The van der Waals surface area contributed by atoms with E-state index >= 15 is 0 Å². The molecule has 0 amide bonds. The van der Waals surface area contributed by atoms with E-state index in [0.29, 0.717) is 5.58 Å². The number of likely N-dealkylation sites (tertiary alicyclic amines) is 1. The largest absolute Gasteiger partial charge is 0.356 e. The second-order valence-corrected chi connectivity index (χ2v) is 7.97. The summed E-state index contributed by atoms with van der Waals surface area (Å²) in [4.78, 5) is 13.9. The molecule has 1 saturated heterocycles. The minimum Gasteiger partial charge on any atom is -0.356 e. The third-order valence-corrected chi connectivity index (χ3v) is 5.91. The van der Waals surface area contributed by atoms with Gasteiger partial charge >= 0.3 is 0 Å². The zero-order valence-corrected chi connectivity index (χ0v) is 16.9. The summed E-state index contributed by atoms with van der Waals surface area (Å²) in [7, 11) is 0. The van der Waals surface area contributed by atoms with Gasteiger partial charge in [-0.05, 0) is 69.8 Å². The Morgan fingerprint density at radius 2 is 2.00 bits per heavy atom. The first-order chi connectivity index (χ1) is 14.1. The molecule has 0 N–H and O–H groups in total. The molecule has 29 heavy (non-hydrogen) atoms. The molecule has 1 aromatic heterocycles. The smallest absolute Gasteiger partial charge is 0.170 e. The van der Waals surface area contributed by atoms with Gasteiger partial charge in [0, 0.05) is 17.0 Å². The molecule has 0 bridgehead atoms. The number of hydrogen-bond acceptors (Lipinski definition) is 4. The molecule has 5 heteroatoms. The second kappa shape index (κ2) is 8.87. The molecule has 0 saturated carbocycles. The van der Waals surface area contributed by atoms with Crippen LogP contribution in [0.5, 0.6) is 0 Å². The number of unbranched alkanes of at least 4 members (excludes halogenated alkanes) is 1. The fourth-order valence-electron chi connectivity index (χ4n) is 4.29. The zero-order valence-electron chi connectivity index (χ0n) is 16.9. The van der Waals surface area contributed by atoms with E-state index in [-0.39, 0.29) is 17.6 Å². The zero-order chi connectivity index (χ0) is 20.2. The quantitative estimate of drug-likeness (QED) is 0.380. The van der Waals surface area contributed by atoms with Crippen LogP contribution in [0.25, 0.3) is 11.0 Å². The molecule has 4 nitrogen and oxygen atoms in total. The lowest BCUT2D eigenvalue weighted by molar-refractivity contribution is 0.101. The summed E-state index contributed by atoms with van der Waals surface area (Å²) < 4.78 is 18.9. The van der Waals surface area contributed by atoms with E-state index in [2.05, 4.69) is 22.2 Å². The summed E-state index contributed by atoms with van der Waals surface area (Å²) in [5, 5.41) is 5.22. The fourth-order valence-corrected chi connectivity index (χ4v) is 4.29. The lowest BCUT2D eigenvalue weighted by atomic mass is 9.96. The van der Waals surface area contributed by atoms with Gasteiger partial charge < -0.3 is 4.52 Å². The summed E-state index contributed by atoms with van der Waals surface area (Å²) in [6.45, 7) is 3.68. The van der Waals surface area contributed by atoms with Crippen LogP contribution in [0.1, 0.15) is 66.7 Å². The van der Waals surface area contributed by atoms with Gasteiger partial charge in [0.15, 0.2) is 11.4 Å². The highest BCUT2D eigenvalue weighted by molar-refractivity contribution is 5.94. The van der Waals surface area contributed by atoms with E-state index in [1.807, 2.05) is 12.1 Å². The molecule has 1 aliphatic rings. The summed E-state index contributed by atoms with van der Waals surface area (Å²) in [5.41, 5.74) is 3.51. The summed E-state index contributed by atoms with van der Waals surface area (Å²) >= 11 is 0. The number of carbonyl (C=O) groups is 1. The number of carbonyl (C=O) groups excluding carboxylic acids is 1. The highest BCUT2D eigenvalue weighted by Gasteiger charge is 2.28. The number of benzene rings is 2. The minimum absolute atomic E-state index is 0.107. The standard InChI is InChI=1S/C24H27FN2O2/c1-17(28)19-10-8-18(9-11-19)6-2-4-14-27-15-5-3-7-22(27)24-21-13-12-20(25)16-23(21)29-26-24/h8-13,16,22H,2-7,14-15H2,1H3. The van der Waals surface area contributed by atoms with Gasteiger partial charge in [-0.15, -0.1) is 0 Å². The first-order valence-corrected chi connectivity index (χ1v) is 10.5. The Bertz CT molecular complexity index is 980. The number of piperidine rings is 1. The number of nitrogens with zero attached hydrogens (tertiary/aromatic N) is 2. The molecule has 1 unspecified atom stereocenters. The van der Waals surface area contributed by atoms with E-state index in [4.69, 9.17) is 4.52 Å². The average molecular weight is 394 g/mol. The molecule has 0 radical (unpaired) electrons. The van der Waals surface area contributed by atoms with Crippen molar-refractivity contribution in [1.29, 1.82) is 0 Å². The molecule has 4 rings (SSSR count). The van der Waals surface area contributed by atoms with Gasteiger partial charge in [-0.3, -0.25) is 9.69 Å². The molecule has 1 atom stereocenters. The van der Waals surface area contributed by atoms with E-state index in [0.717, 1.165) is 55.4 Å². The molecule has 152 valence electrons. The van der Waals surface area contributed by atoms with Crippen molar-refractivity contribution in [2.45, 2.75) is 51.5 Å². The first kappa shape index (κ1) is 19.8. The molecule has 1 fully saturated rings. The van der Waals surface area contributed by atoms with E-state index in [1.54, 1.807) is 13.0 Å². The molecule has 3 aromatic rings. The third-order valence-electron chi connectivity index (χ3n) is 5.91. The van der Waals surface area contributed by atoms with Crippen LogP contribution in [-0.4, -0.2) is 28.9 Å². The van der Waals surface area contributed by atoms with Crippen molar-refractivity contribution in [2.75, 3.05) is 13.1 Å². The van der Waals surface area contributed by atoms with Crippen LogP contribution >= 0.6 is 0 Å². The SMILES string of the molecule is CC(=O)c1ccc(CCCCN2CCCCC2c2noc3cc(F)ccc23)cc1. The Kier molecular flexibility index (Phi) is 6.05. The molecule has 0 aliphatic carbocycles. The maximum atomic E-state index is 13.5. The Morgan fingerprint density at radius 1 is 1.17 bits per heavy atom. The number of Topliss-reactive ketones (excluding diaryl/α,β-unsaturated/α-hetero) is 1. The number of rotatable bonds is 7. The van der Waals surface area contributed by atoms with Crippen LogP contribution in [0, 0.1) is 5.82 Å². The second-order valence-electron chi connectivity index (χ2n) is 7.97. The van der Waals surface area contributed by atoms with Crippen molar-refractivity contribution < 1.29 is 13.7 Å². The highest BCUT2D eigenvalue weighted by atomic mass is 19.1. The van der Waals surface area contributed by atoms with Crippen LogP contribution in [-0.2, 0) is 6.42 Å². The predicted molar refractivity (Wildman–Crippen MR) is 112 cm³/mol. The van der Waals surface area contributed by atoms with Crippen LogP contribution in [0.3, 0.4) is 0 Å². The van der Waals surface area contributed by atoms with E-state index < -0.39 is 0 Å². The molecule has 0 spiro atoms. The van der Waals surface area contributed by atoms with Gasteiger partial charge in [-0.1, -0.05) is 35.8 Å². The average Bonchev–Trinajstić information content (AvgIpc) is 3.14. The topological polar surface area (TPSA) is 46.3 Å². The molecule has 2 aromatic carbocycles. The highest BCUT2D eigenvalue weighted by Crippen LogP contribution is 2.34. The summed E-state index contributed by atoms with van der Waals surface area (Å²) in [6, 6.07) is 12.9. The predicted octanol–water partition coefficient (Wildman–Crippen LogP) is 5.72. The minimum atomic E-state index is -0.294. The van der Waals surface area contributed by atoms with Crippen LogP contribution in [0.2, 0.25) is 0 Å². The number of ketones is 1. The number of aromatic nitrogens is 1. The van der Waals surface area contributed by atoms with Gasteiger partial charge in [0.05, 0.1) is 6.04 Å². The molecule has 2 heterocycles. The third kappa shape index (κ3) is 4.56. The molecular weight excluding hydrogens is 367 g/mol. The van der Waals surface area contributed by atoms with Gasteiger partial charge in [0.1, 0.15) is 11.5 Å². The van der Waals surface area contributed by atoms with Crippen molar-refractivity contribution in [3.05, 3.63) is 65.1 Å². The van der Waals surface area contributed by atoms with E-state index in [9.17, 15) is 9.18 Å². The Hall–Kier alpha value is -2.53. The number of aryl methyl sites for hydroxylation is 1. The van der Waals surface area contributed by atoms with E-state index in [1.165, 1.54) is 30.5 Å². The van der Waals surface area contributed by atoms with Crippen LogP contribution in [0.15, 0.2) is 47.0 Å². The Morgan fingerprint density at radius 3 is 2.79 bits per heavy atom. The van der Waals surface area contributed by atoms with Gasteiger partial charge in [-0.25, -0.2) is 4.39 Å². The monoisotopic (exact) mass is 394 g/mol. The normalized spacial score (nSPS) is 17.7. The summed E-state index contributed by atoms with van der Waals surface area (Å²) in [5.74, 6) is -0.187. The van der Waals surface area contributed by atoms with Crippen molar-refractivity contribution in [2.24, 2.45) is 0 Å². The first-order valence-electron chi connectivity index (χ1n) is 10.5. The van der Waals surface area contributed by atoms with Gasteiger partial charge in [-0.2, -0.15) is 0 Å². The fraction of sp³-hybridized carbons (Fsp3) is 0.417. The summed E-state index contributed by atoms with van der Waals surface area (Å²) in [6.07, 6.45) is 6.67. The van der Waals surface area contributed by atoms with Crippen molar-refractivity contribution >= 4 is 16.8 Å². The number of fused-ring (bicyclic) bond motifs is 1. The Labute approximate surface area is 170 Å². The van der Waals surface area contributed by atoms with Crippen LogP contribution < -0.4 is 0 Å². The van der Waals surface area contributed by atoms with Crippen molar-refractivity contribution in [3.63, 3.8) is 0 Å². The van der Waals surface area contributed by atoms with Crippen LogP contribution in [0.4, 0.5) is 4.39 Å². The van der Waals surface area contributed by atoms with Gasteiger partial charge in [0.25, 0.3) is 0 Å². The maximum absolute atomic E-state index is 13.5. The van der Waals surface area contributed by atoms with Gasteiger partial charge in [0.2, 0.25) is 0 Å². The number of halogens is 1. The maximum Gasteiger partial charge on any atom is 0.170 e. The lowest BCUT2D eigenvalue weighted by Gasteiger charge is -2.34. The van der Waals surface area contributed by atoms with Crippen molar-refractivity contribution in [1.82, 2.24) is 10.1 Å².